The summed E-state index contributed by atoms with van der Waals surface area (Å²) in [4.78, 5) is 0. The number of allylic oxidation sites excluding steroid dienone is 2. The molecule has 17 heavy (non-hydrogen) atoms. The molecule has 1 aromatic carbocycles. The third-order valence-corrected chi connectivity index (χ3v) is 2.76. The van der Waals surface area contributed by atoms with E-state index in [0.717, 1.165) is 5.56 Å². The zero-order valence-electron chi connectivity index (χ0n) is 9.76. The molecule has 0 aliphatic heterocycles. The Labute approximate surface area is 101 Å². The maximum absolute atomic E-state index is 9.87. The molecule has 1 aliphatic rings. The number of benzene rings is 1. The van der Waals surface area contributed by atoms with E-state index in [9.17, 15) is 10.2 Å². The van der Waals surface area contributed by atoms with E-state index in [2.05, 4.69) is 0 Å². The van der Waals surface area contributed by atoms with Crippen LogP contribution in [0.25, 0.3) is 0 Å². The van der Waals surface area contributed by atoms with Crippen LogP contribution >= 0.6 is 0 Å². The molecule has 3 heteroatoms. The van der Waals surface area contributed by atoms with Gasteiger partial charge in [-0.2, -0.15) is 0 Å². The normalized spacial score (nSPS) is 23.9. The summed E-state index contributed by atoms with van der Waals surface area (Å²) in [6.45, 7) is 2.04. The molecular formula is C14H16O3. The van der Waals surface area contributed by atoms with Crippen LogP contribution in [0.1, 0.15) is 18.9 Å². The van der Waals surface area contributed by atoms with Crippen LogP contribution in [0.4, 0.5) is 0 Å². The van der Waals surface area contributed by atoms with Gasteiger partial charge in [0.05, 0.1) is 5.76 Å². The average molecular weight is 232 g/mol. The van der Waals surface area contributed by atoms with Crippen molar-refractivity contribution in [1.29, 1.82) is 0 Å². The zero-order valence-corrected chi connectivity index (χ0v) is 9.76. The fourth-order valence-corrected chi connectivity index (χ4v) is 1.69. The summed E-state index contributed by atoms with van der Waals surface area (Å²) in [6.07, 6.45) is 3.46. The molecule has 2 rings (SSSR count). The lowest BCUT2D eigenvalue weighted by atomic mass is 9.94. The van der Waals surface area contributed by atoms with Crippen LogP contribution in [0, 0.1) is 0 Å². The Morgan fingerprint density at radius 3 is 2.59 bits per heavy atom. The fraction of sp³-hybridized carbons (Fsp3) is 0.286. The molecule has 1 atom stereocenters. The highest BCUT2D eigenvalue weighted by atomic mass is 16.5. The molecule has 3 nitrogen and oxygen atoms in total. The highest BCUT2D eigenvalue weighted by Crippen LogP contribution is 2.28. The van der Waals surface area contributed by atoms with Crippen molar-refractivity contribution in [3.63, 3.8) is 0 Å². The molecule has 1 aromatic rings. The predicted octanol–water partition coefficient (Wildman–Crippen LogP) is 2.68. The number of hydrogen-bond acceptors (Lipinski definition) is 3. The molecule has 2 N–H and O–H groups in total. The minimum atomic E-state index is -1.22. The third kappa shape index (κ3) is 2.88. The van der Waals surface area contributed by atoms with Gasteiger partial charge >= 0.3 is 0 Å². The van der Waals surface area contributed by atoms with E-state index in [0.29, 0.717) is 18.8 Å². The van der Waals surface area contributed by atoms with Crippen LogP contribution in [0.15, 0.2) is 54.0 Å². The van der Waals surface area contributed by atoms with Crippen LogP contribution in [-0.2, 0) is 11.3 Å². The van der Waals surface area contributed by atoms with E-state index < -0.39 is 5.60 Å². The standard InChI is InChI=1S/C14H16O3/c1-14(16)9-12(7-8-13(14)15)17-10-11-5-3-2-4-6-11/h2-8,15-16H,9-10H2,1H3. The highest BCUT2D eigenvalue weighted by molar-refractivity contribution is 5.25. The van der Waals surface area contributed by atoms with E-state index in [1.165, 1.54) is 6.08 Å². The van der Waals surface area contributed by atoms with Crippen LogP contribution in [0.5, 0.6) is 0 Å². The van der Waals surface area contributed by atoms with Gasteiger partial charge in [0.15, 0.2) is 0 Å². The summed E-state index contributed by atoms with van der Waals surface area (Å²) in [6, 6.07) is 9.82. The van der Waals surface area contributed by atoms with E-state index in [4.69, 9.17) is 4.74 Å². The molecular weight excluding hydrogens is 216 g/mol. The number of aliphatic hydroxyl groups is 2. The van der Waals surface area contributed by atoms with Crippen molar-refractivity contribution >= 4 is 0 Å². The van der Waals surface area contributed by atoms with Gasteiger partial charge in [-0.05, 0) is 24.6 Å². The van der Waals surface area contributed by atoms with Crippen molar-refractivity contribution in [2.75, 3.05) is 0 Å². The molecule has 1 aliphatic carbocycles. The van der Waals surface area contributed by atoms with Gasteiger partial charge in [-0.25, -0.2) is 0 Å². The molecule has 0 aromatic heterocycles. The maximum atomic E-state index is 9.87. The minimum Gasteiger partial charge on any atom is -0.509 e. The minimum absolute atomic E-state index is 0.0236. The van der Waals surface area contributed by atoms with Crippen molar-refractivity contribution in [1.82, 2.24) is 0 Å². The Morgan fingerprint density at radius 1 is 1.24 bits per heavy atom. The summed E-state index contributed by atoms with van der Waals surface area (Å²) in [5.41, 5.74) is -0.146. The van der Waals surface area contributed by atoms with Crippen molar-refractivity contribution in [2.24, 2.45) is 0 Å². The number of ether oxygens (including phenoxy) is 1. The topological polar surface area (TPSA) is 49.7 Å². The molecule has 0 heterocycles. The first-order valence-corrected chi connectivity index (χ1v) is 5.57. The van der Waals surface area contributed by atoms with Gasteiger partial charge in [-0.3, -0.25) is 0 Å². The molecule has 0 bridgehead atoms. The van der Waals surface area contributed by atoms with Crippen LogP contribution < -0.4 is 0 Å². The smallest absolute Gasteiger partial charge is 0.125 e. The van der Waals surface area contributed by atoms with E-state index in [-0.39, 0.29) is 5.76 Å². The molecule has 0 spiro atoms. The lowest BCUT2D eigenvalue weighted by molar-refractivity contribution is 0.0308. The van der Waals surface area contributed by atoms with E-state index >= 15 is 0 Å². The lowest BCUT2D eigenvalue weighted by Crippen LogP contribution is -2.29. The highest BCUT2D eigenvalue weighted by Gasteiger charge is 2.30. The number of aliphatic hydroxyl groups excluding tert-OH is 1. The quantitative estimate of drug-likeness (QED) is 0.842. The second-order valence-corrected chi connectivity index (χ2v) is 4.41. The van der Waals surface area contributed by atoms with Crippen LogP contribution in [-0.4, -0.2) is 15.8 Å². The first-order valence-electron chi connectivity index (χ1n) is 5.57. The van der Waals surface area contributed by atoms with Gasteiger partial charge in [-0.1, -0.05) is 30.3 Å². The zero-order chi connectivity index (χ0) is 12.3. The summed E-state index contributed by atoms with van der Waals surface area (Å²) >= 11 is 0. The largest absolute Gasteiger partial charge is 0.509 e. The third-order valence-electron chi connectivity index (χ3n) is 2.76. The van der Waals surface area contributed by atoms with Gasteiger partial charge in [0, 0.05) is 6.42 Å². The number of hydrogen-bond donors (Lipinski definition) is 2. The molecule has 0 radical (unpaired) electrons. The summed E-state index contributed by atoms with van der Waals surface area (Å²) in [5, 5.41) is 19.3. The Balaban J connectivity index is 1.98. The molecule has 1 unspecified atom stereocenters. The first kappa shape index (κ1) is 11.7. The van der Waals surface area contributed by atoms with Crippen molar-refractivity contribution in [2.45, 2.75) is 25.6 Å². The Kier molecular flexibility index (Phi) is 3.20. The van der Waals surface area contributed by atoms with Gasteiger partial charge < -0.3 is 14.9 Å². The lowest BCUT2D eigenvalue weighted by Gasteiger charge is -2.26. The van der Waals surface area contributed by atoms with Gasteiger partial charge in [0.1, 0.15) is 18.0 Å². The van der Waals surface area contributed by atoms with Crippen LogP contribution in [0.3, 0.4) is 0 Å². The Morgan fingerprint density at radius 2 is 1.94 bits per heavy atom. The van der Waals surface area contributed by atoms with Crippen LogP contribution in [0.2, 0.25) is 0 Å². The molecule has 0 saturated carbocycles. The second-order valence-electron chi connectivity index (χ2n) is 4.41. The van der Waals surface area contributed by atoms with Crippen molar-refractivity contribution in [3.8, 4) is 0 Å². The predicted molar refractivity (Wildman–Crippen MR) is 65.3 cm³/mol. The Bertz CT molecular complexity index is 444. The Hall–Kier alpha value is -1.74. The molecule has 90 valence electrons. The van der Waals surface area contributed by atoms with Gasteiger partial charge in [-0.15, -0.1) is 0 Å². The first-order chi connectivity index (χ1) is 8.08. The fourth-order valence-electron chi connectivity index (χ4n) is 1.69. The molecule has 0 saturated heterocycles. The average Bonchev–Trinajstić information content (AvgIpc) is 2.32. The molecule has 0 fully saturated rings. The maximum Gasteiger partial charge on any atom is 0.125 e. The van der Waals surface area contributed by atoms with E-state index in [1.807, 2.05) is 30.3 Å². The monoisotopic (exact) mass is 232 g/mol. The SMILES string of the molecule is CC1(O)CC(OCc2ccccc2)=CC=C1O. The second kappa shape index (κ2) is 4.63. The van der Waals surface area contributed by atoms with Gasteiger partial charge in [0.2, 0.25) is 0 Å². The summed E-state index contributed by atoms with van der Waals surface area (Å²) in [7, 11) is 0. The summed E-state index contributed by atoms with van der Waals surface area (Å²) < 4.78 is 5.60. The summed E-state index contributed by atoms with van der Waals surface area (Å²) in [5.74, 6) is 0.654. The molecule has 0 amide bonds. The van der Waals surface area contributed by atoms with E-state index in [1.54, 1.807) is 13.0 Å². The van der Waals surface area contributed by atoms with Gasteiger partial charge in [0.25, 0.3) is 0 Å². The van der Waals surface area contributed by atoms with Crippen molar-refractivity contribution < 1.29 is 14.9 Å². The number of rotatable bonds is 3. The van der Waals surface area contributed by atoms with Crippen molar-refractivity contribution in [3.05, 3.63) is 59.6 Å².